The van der Waals surface area contributed by atoms with Crippen molar-refractivity contribution in [3.05, 3.63) is 36.0 Å². The number of ether oxygens (including phenoxy) is 1. The fourth-order valence-electron chi connectivity index (χ4n) is 1.83. The Hall–Kier alpha value is -2.44. The SMILES string of the molecule is CCn1nc(-c2cccc(OC(F)F)c2)cc1C(N)=O. The number of carbonyl (C=O) groups is 1. The zero-order chi connectivity index (χ0) is 14.7. The highest BCUT2D eigenvalue weighted by Gasteiger charge is 2.13. The quantitative estimate of drug-likeness (QED) is 0.914. The summed E-state index contributed by atoms with van der Waals surface area (Å²) in [4.78, 5) is 11.3. The van der Waals surface area contributed by atoms with Gasteiger partial charge < -0.3 is 10.5 Å². The Labute approximate surface area is 114 Å². The summed E-state index contributed by atoms with van der Waals surface area (Å²) in [5, 5.41) is 4.21. The van der Waals surface area contributed by atoms with Crippen molar-refractivity contribution in [1.82, 2.24) is 9.78 Å². The van der Waals surface area contributed by atoms with Crippen LogP contribution in [0.2, 0.25) is 0 Å². The molecular formula is C13H13F2N3O2. The number of halogens is 2. The molecule has 1 heterocycles. The molecule has 1 amide bonds. The first kappa shape index (κ1) is 14.0. The summed E-state index contributed by atoms with van der Waals surface area (Å²) in [6.07, 6.45) is 0. The van der Waals surface area contributed by atoms with Crippen LogP contribution in [0.15, 0.2) is 30.3 Å². The number of rotatable bonds is 5. The third kappa shape index (κ3) is 2.93. The molecule has 2 aromatic rings. The number of hydrogen-bond donors (Lipinski definition) is 1. The number of benzene rings is 1. The highest BCUT2D eigenvalue weighted by Crippen LogP contribution is 2.24. The molecule has 0 saturated heterocycles. The number of primary amides is 1. The smallest absolute Gasteiger partial charge is 0.387 e. The molecular weight excluding hydrogens is 268 g/mol. The summed E-state index contributed by atoms with van der Waals surface area (Å²) in [6.45, 7) is -0.593. The van der Waals surface area contributed by atoms with E-state index in [1.165, 1.54) is 22.9 Å². The molecule has 20 heavy (non-hydrogen) atoms. The van der Waals surface area contributed by atoms with E-state index in [4.69, 9.17) is 5.73 Å². The molecule has 0 saturated carbocycles. The predicted molar refractivity (Wildman–Crippen MR) is 68.5 cm³/mol. The topological polar surface area (TPSA) is 70.1 Å². The van der Waals surface area contributed by atoms with Crippen molar-refractivity contribution < 1.29 is 18.3 Å². The van der Waals surface area contributed by atoms with E-state index in [2.05, 4.69) is 9.84 Å². The van der Waals surface area contributed by atoms with Gasteiger partial charge in [-0.1, -0.05) is 12.1 Å². The molecule has 2 N–H and O–H groups in total. The van der Waals surface area contributed by atoms with Gasteiger partial charge in [0, 0.05) is 12.1 Å². The summed E-state index contributed by atoms with van der Waals surface area (Å²) in [5.41, 5.74) is 6.56. The lowest BCUT2D eigenvalue weighted by atomic mass is 10.1. The lowest BCUT2D eigenvalue weighted by Gasteiger charge is -2.05. The summed E-state index contributed by atoms with van der Waals surface area (Å²) >= 11 is 0. The third-order valence-electron chi connectivity index (χ3n) is 2.69. The normalized spacial score (nSPS) is 10.8. The van der Waals surface area contributed by atoms with Gasteiger partial charge in [-0.05, 0) is 25.1 Å². The van der Waals surface area contributed by atoms with E-state index in [-0.39, 0.29) is 11.4 Å². The van der Waals surface area contributed by atoms with E-state index in [9.17, 15) is 13.6 Å². The van der Waals surface area contributed by atoms with Crippen molar-refractivity contribution in [2.75, 3.05) is 0 Å². The number of amides is 1. The fourth-order valence-corrected chi connectivity index (χ4v) is 1.83. The number of hydrogen-bond acceptors (Lipinski definition) is 3. The van der Waals surface area contributed by atoms with Crippen LogP contribution < -0.4 is 10.5 Å². The lowest BCUT2D eigenvalue weighted by Crippen LogP contribution is -2.16. The molecule has 0 atom stereocenters. The highest BCUT2D eigenvalue weighted by molar-refractivity contribution is 5.92. The van der Waals surface area contributed by atoms with Gasteiger partial charge in [0.05, 0.1) is 5.69 Å². The zero-order valence-corrected chi connectivity index (χ0v) is 10.7. The number of aromatic nitrogens is 2. The Bertz CT molecular complexity index is 626. The van der Waals surface area contributed by atoms with Crippen LogP contribution in [0.3, 0.4) is 0 Å². The van der Waals surface area contributed by atoms with Gasteiger partial charge in [0.2, 0.25) is 0 Å². The summed E-state index contributed by atoms with van der Waals surface area (Å²) in [7, 11) is 0. The molecule has 2 rings (SSSR count). The molecule has 0 radical (unpaired) electrons. The van der Waals surface area contributed by atoms with Gasteiger partial charge in [0.25, 0.3) is 5.91 Å². The maximum absolute atomic E-state index is 12.2. The Kier molecular flexibility index (Phi) is 3.97. The molecule has 0 spiro atoms. The molecule has 0 unspecified atom stereocenters. The monoisotopic (exact) mass is 281 g/mol. The van der Waals surface area contributed by atoms with E-state index in [1.807, 2.05) is 6.92 Å². The van der Waals surface area contributed by atoms with Crippen molar-refractivity contribution in [3.8, 4) is 17.0 Å². The van der Waals surface area contributed by atoms with E-state index < -0.39 is 12.5 Å². The van der Waals surface area contributed by atoms with E-state index in [0.29, 0.717) is 17.8 Å². The van der Waals surface area contributed by atoms with Crippen molar-refractivity contribution >= 4 is 5.91 Å². The highest BCUT2D eigenvalue weighted by atomic mass is 19.3. The standard InChI is InChI=1S/C13H13F2N3O2/c1-2-18-11(12(16)19)7-10(17-18)8-4-3-5-9(6-8)20-13(14)15/h3-7,13H,2H2,1H3,(H2,16,19). The van der Waals surface area contributed by atoms with Crippen molar-refractivity contribution in [3.63, 3.8) is 0 Å². The van der Waals surface area contributed by atoms with Crippen LogP contribution >= 0.6 is 0 Å². The van der Waals surface area contributed by atoms with Crippen LogP contribution in [-0.2, 0) is 6.54 Å². The third-order valence-corrected chi connectivity index (χ3v) is 2.69. The van der Waals surface area contributed by atoms with Gasteiger partial charge >= 0.3 is 6.61 Å². The lowest BCUT2D eigenvalue weighted by molar-refractivity contribution is -0.0498. The predicted octanol–water partition coefficient (Wildman–Crippen LogP) is 2.27. The minimum Gasteiger partial charge on any atom is -0.435 e. The van der Waals surface area contributed by atoms with Gasteiger partial charge in [-0.2, -0.15) is 13.9 Å². The van der Waals surface area contributed by atoms with Gasteiger partial charge in [0.15, 0.2) is 0 Å². The molecule has 7 heteroatoms. The number of alkyl halides is 2. The zero-order valence-electron chi connectivity index (χ0n) is 10.7. The number of nitrogens with two attached hydrogens (primary N) is 1. The van der Waals surface area contributed by atoms with Gasteiger partial charge in [0.1, 0.15) is 11.4 Å². The molecule has 1 aromatic heterocycles. The minimum absolute atomic E-state index is 0.0316. The number of aryl methyl sites for hydroxylation is 1. The Morgan fingerprint density at radius 1 is 1.45 bits per heavy atom. The van der Waals surface area contributed by atoms with Gasteiger partial charge in [-0.15, -0.1) is 0 Å². The van der Waals surface area contributed by atoms with Crippen LogP contribution in [0, 0.1) is 0 Å². The first-order valence-electron chi connectivity index (χ1n) is 5.94. The largest absolute Gasteiger partial charge is 0.435 e. The molecule has 0 aliphatic rings. The molecule has 0 fully saturated rings. The van der Waals surface area contributed by atoms with Gasteiger partial charge in [-0.25, -0.2) is 0 Å². The van der Waals surface area contributed by atoms with E-state index >= 15 is 0 Å². The number of nitrogens with zero attached hydrogens (tertiary/aromatic N) is 2. The average molecular weight is 281 g/mol. The molecule has 1 aromatic carbocycles. The maximum atomic E-state index is 12.2. The Balaban J connectivity index is 2.38. The minimum atomic E-state index is -2.89. The summed E-state index contributed by atoms with van der Waals surface area (Å²) in [5.74, 6) is -0.560. The average Bonchev–Trinajstić information content (AvgIpc) is 2.82. The first-order chi connectivity index (χ1) is 9.51. The van der Waals surface area contributed by atoms with Crippen LogP contribution in [0.25, 0.3) is 11.3 Å². The fraction of sp³-hybridized carbons (Fsp3) is 0.231. The molecule has 0 aliphatic carbocycles. The summed E-state index contributed by atoms with van der Waals surface area (Å²) in [6, 6.07) is 7.63. The number of carbonyl (C=O) groups excluding carboxylic acids is 1. The van der Waals surface area contributed by atoms with Crippen LogP contribution in [-0.4, -0.2) is 22.3 Å². The molecule has 0 aliphatic heterocycles. The molecule has 5 nitrogen and oxygen atoms in total. The first-order valence-corrected chi connectivity index (χ1v) is 5.94. The van der Waals surface area contributed by atoms with E-state index in [0.717, 1.165) is 0 Å². The van der Waals surface area contributed by atoms with Crippen molar-refractivity contribution in [1.29, 1.82) is 0 Å². The van der Waals surface area contributed by atoms with E-state index in [1.54, 1.807) is 12.1 Å². The second-order valence-electron chi connectivity index (χ2n) is 4.00. The summed E-state index contributed by atoms with van der Waals surface area (Å²) < 4.78 is 30.1. The van der Waals surface area contributed by atoms with Gasteiger partial charge in [-0.3, -0.25) is 9.48 Å². The van der Waals surface area contributed by atoms with Crippen LogP contribution in [0.4, 0.5) is 8.78 Å². The van der Waals surface area contributed by atoms with Crippen LogP contribution in [0.1, 0.15) is 17.4 Å². The molecule has 0 bridgehead atoms. The van der Waals surface area contributed by atoms with Crippen molar-refractivity contribution in [2.45, 2.75) is 20.1 Å². The Morgan fingerprint density at radius 2 is 2.20 bits per heavy atom. The second kappa shape index (κ2) is 5.68. The van der Waals surface area contributed by atoms with Crippen molar-refractivity contribution in [2.24, 2.45) is 5.73 Å². The molecule has 106 valence electrons. The Morgan fingerprint density at radius 3 is 2.75 bits per heavy atom. The maximum Gasteiger partial charge on any atom is 0.387 e. The second-order valence-corrected chi connectivity index (χ2v) is 4.00. The van der Waals surface area contributed by atoms with Crippen LogP contribution in [0.5, 0.6) is 5.75 Å².